The molecule has 0 aromatic heterocycles. The largest absolute Gasteiger partial charge is 0.480 e. The lowest BCUT2D eigenvalue weighted by molar-refractivity contribution is -0.153. The zero-order valence-electron chi connectivity index (χ0n) is 12.1. The van der Waals surface area contributed by atoms with Crippen molar-refractivity contribution in [2.45, 2.75) is 45.3 Å². The molecule has 5 nitrogen and oxygen atoms in total. The SMILES string of the molecule is CC(C)(C)OC(=O)Cc1ccccc1C[C@H](N)C(=O)O. The van der Waals surface area contributed by atoms with E-state index in [4.69, 9.17) is 15.6 Å². The monoisotopic (exact) mass is 279 g/mol. The first-order chi connectivity index (χ1) is 9.19. The maximum atomic E-state index is 11.8. The molecule has 0 amide bonds. The van der Waals surface area contributed by atoms with E-state index in [2.05, 4.69) is 0 Å². The van der Waals surface area contributed by atoms with E-state index in [0.29, 0.717) is 0 Å². The topological polar surface area (TPSA) is 89.6 Å². The zero-order valence-corrected chi connectivity index (χ0v) is 12.1. The van der Waals surface area contributed by atoms with E-state index in [1.54, 1.807) is 45.0 Å². The van der Waals surface area contributed by atoms with E-state index in [9.17, 15) is 9.59 Å². The van der Waals surface area contributed by atoms with Crippen molar-refractivity contribution >= 4 is 11.9 Å². The second-order valence-corrected chi connectivity index (χ2v) is 5.68. The average molecular weight is 279 g/mol. The normalized spacial score (nSPS) is 12.8. The van der Waals surface area contributed by atoms with Gasteiger partial charge in [0.2, 0.25) is 0 Å². The summed E-state index contributed by atoms with van der Waals surface area (Å²) >= 11 is 0. The number of carboxylic acids is 1. The first-order valence-corrected chi connectivity index (χ1v) is 6.46. The molecular weight excluding hydrogens is 258 g/mol. The number of hydrogen-bond acceptors (Lipinski definition) is 4. The van der Waals surface area contributed by atoms with Crippen LogP contribution in [0.3, 0.4) is 0 Å². The van der Waals surface area contributed by atoms with Crippen LogP contribution in [0.4, 0.5) is 0 Å². The summed E-state index contributed by atoms with van der Waals surface area (Å²) in [5, 5.41) is 8.85. The summed E-state index contributed by atoms with van der Waals surface area (Å²) in [5.74, 6) is -1.40. The van der Waals surface area contributed by atoms with Gasteiger partial charge in [0.1, 0.15) is 11.6 Å². The molecule has 0 heterocycles. The van der Waals surface area contributed by atoms with Crippen molar-refractivity contribution < 1.29 is 19.4 Å². The average Bonchev–Trinajstić information content (AvgIpc) is 2.28. The molecule has 0 radical (unpaired) electrons. The molecule has 0 aliphatic carbocycles. The number of carbonyl (C=O) groups excluding carboxylic acids is 1. The fourth-order valence-electron chi connectivity index (χ4n) is 1.79. The Kier molecular flexibility index (Phi) is 5.27. The molecular formula is C15H21NO4. The number of ether oxygens (including phenoxy) is 1. The van der Waals surface area contributed by atoms with Gasteiger partial charge in [-0.3, -0.25) is 9.59 Å². The van der Waals surface area contributed by atoms with E-state index in [1.807, 2.05) is 0 Å². The molecule has 0 unspecified atom stereocenters. The Bertz CT molecular complexity index is 491. The lowest BCUT2D eigenvalue weighted by atomic mass is 9.98. The van der Waals surface area contributed by atoms with Gasteiger partial charge in [0.15, 0.2) is 0 Å². The highest BCUT2D eigenvalue weighted by Crippen LogP contribution is 2.15. The van der Waals surface area contributed by atoms with E-state index in [1.165, 1.54) is 0 Å². The summed E-state index contributed by atoms with van der Waals surface area (Å²) in [4.78, 5) is 22.6. The molecule has 0 bridgehead atoms. The van der Waals surface area contributed by atoms with Crippen molar-refractivity contribution in [2.75, 3.05) is 0 Å². The Morgan fingerprint density at radius 1 is 1.25 bits per heavy atom. The van der Waals surface area contributed by atoms with Gasteiger partial charge in [0, 0.05) is 0 Å². The van der Waals surface area contributed by atoms with E-state index in [-0.39, 0.29) is 18.8 Å². The molecule has 5 heteroatoms. The molecule has 0 spiro atoms. The highest BCUT2D eigenvalue weighted by atomic mass is 16.6. The van der Waals surface area contributed by atoms with Crippen LogP contribution in [0.2, 0.25) is 0 Å². The minimum atomic E-state index is -1.06. The van der Waals surface area contributed by atoms with Crippen molar-refractivity contribution in [2.24, 2.45) is 5.73 Å². The van der Waals surface area contributed by atoms with Crippen LogP contribution in [0, 0.1) is 0 Å². The van der Waals surface area contributed by atoms with Gasteiger partial charge >= 0.3 is 11.9 Å². The van der Waals surface area contributed by atoms with Crippen LogP contribution in [0.15, 0.2) is 24.3 Å². The van der Waals surface area contributed by atoms with Gasteiger partial charge in [-0.25, -0.2) is 0 Å². The Labute approximate surface area is 118 Å². The van der Waals surface area contributed by atoms with Gasteiger partial charge in [-0.15, -0.1) is 0 Å². The Morgan fingerprint density at radius 2 is 1.80 bits per heavy atom. The van der Waals surface area contributed by atoms with Crippen LogP contribution in [0.1, 0.15) is 31.9 Å². The number of benzene rings is 1. The molecule has 0 fully saturated rings. The fraction of sp³-hybridized carbons (Fsp3) is 0.467. The first-order valence-electron chi connectivity index (χ1n) is 6.46. The molecule has 0 saturated heterocycles. The van der Waals surface area contributed by atoms with Crippen molar-refractivity contribution in [3.8, 4) is 0 Å². The second-order valence-electron chi connectivity index (χ2n) is 5.68. The zero-order chi connectivity index (χ0) is 15.3. The summed E-state index contributed by atoms with van der Waals surface area (Å²) < 4.78 is 5.26. The third kappa shape index (κ3) is 5.40. The summed E-state index contributed by atoms with van der Waals surface area (Å²) in [6.45, 7) is 5.41. The van der Waals surface area contributed by atoms with Crippen LogP contribution in [-0.2, 0) is 27.2 Å². The minimum absolute atomic E-state index is 0.111. The number of nitrogens with two attached hydrogens (primary N) is 1. The molecule has 1 aromatic carbocycles. The quantitative estimate of drug-likeness (QED) is 0.798. The lowest BCUT2D eigenvalue weighted by Gasteiger charge is -2.20. The molecule has 20 heavy (non-hydrogen) atoms. The van der Waals surface area contributed by atoms with Gasteiger partial charge in [-0.05, 0) is 38.3 Å². The molecule has 1 aromatic rings. The highest BCUT2D eigenvalue weighted by Gasteiger charge is 2.19. The van der Waals surface area contributed by atoms with Crippen LogP contribution in [0.25, 0.3) is 0 Å². The number of carboxylic acid groups (broad SMARTS) is 1. The summed E-state index contributed by atoms with van der Waals surface area (Å²) in [7, 11) is 0. The van der Waals surface area contributed by atoms with Gasteiger partial charge in [-0.2, -0.15) is 0 Å². The molecule has 0 saturated carbocycles. The Balaban J connectivity index is 2.80. The number of carbonyl (C=O) groups is 2. The first kappa shape index (κ1) is 16.2. The highest BCUT2D eigenvalue weighted by molar-refractivity contribution is 5.75. The second kappa shape index (κ2) is 6.52. The predicted molar refractivity (Wildman–Crippen MR) is 75.3 cm³/mol. The fourth-order valence-corrected chi connectivity index (χ4v) is 1.79. The lowest BCUT2D eigenvalue weighted by Crippen LogP contribution is -2.32. The maximum absolute atomic E-state index is 11.8. The van der Waals surface area contributed by atoms with E-state index in [0.717, 1.165) is 11.1 Å². The number of esters is 1. The molecule has 1 rings (SSSR count). The van der Waals surface area contributed by atoms with Crippen molar-refractivity contribution in [3.63, 3.8) is 0 Å². The van der Waals surface area contributed by atoms with Crippen molar-refractivity contribution in [1.29, 1.82) is 0 Å². The van der Waals surface area contributed by atoms with Gasteiger partial charge in [0.05, 0.1) is 6.42 Å². The predicted octanol–water partition coefficient (Wildman–Crippen LogP) is 1.53. The molecule has 1 atom stereocenters. The number of hydrogen-bond donors (Lipinski definition) is 2. The third-order valence-electron chi connectivity index (χ3n) is 2.63. The molecule has 0 aliphatic heterocycles. The summed E-state index contributed by atoms with van der Waals surface area (Å²) in [5.41, 5.74) is 6.50. The number of rotatable bonds is 5. The van der Waals surface area contributed by atoms with Gasteiger partial charge in [0.25, 0.3) is 0 Å². The van der Waals surface area contributed by atoms with Crippen LogP contribution in [0.5, 0.6) is 0 Å². The Morgan fingerprint density at radius 3 is 2.30 bits per heavy atom. The van der Waals surface area contributed by atoms with Gasteiger partial charge < -0.3 is 15.6 Å². The standard InChI is InChI=1S/C15H21NO4/c1-15(2,3)20-13(17)9-11-7-5-4-6-10(11)8-12(16)14(18)19/h4-7,12H,8-9,16H2,1-3H3,(H,18,19)/t12-/m0/s1. The van der Waals surface area contributed by atoms with Gasteiger partial charge in [-0.1, -0.05) is 24.3 Å². The van der Waals surface area contributed by atoms with Crippen LogP contribution < -0.4 is 5.73 Å². The third-order valence-corrected chi connectivity index (χ3v) is 2.63. The smallest absolute Gasteiger partial charge is 0.320 e. The Hall–Kier alpha value is -1.88. The minimum Gasteiger partial charge on any atom is -0.480 e. The molecule has 0 aliphatic rings. The van der Waals surface area contributed by atoms with Crippen LogP contribution >= 0.6 is 0 Å². The molecule has 110 valence electrons. The molecule has 3 N–H and O–H groups in total. The van der Waals surface area contributed by atoms with E-state index >= 15 is 0 Å². The van der Waals surface area contributed by atoms with Crippen molar-refractivity contribution in [1.82, 2.24) is 0 Å². The summed E-state index contributed by atoms with van der Waals surface area (Å²) in [6, 6.07) is 6.18. The summed E-state index contributed by atoms with van der Waals surface area (Å²) in [6.07, 6.45) is 0.300. The van der Waals surface area contributed by atoms with E-state index < -0.39 is 17.6 Å². The maximum Gasteiger partial charge on any atom is 0.320 e. The number of aliphatic carboxylic acids is 1. The van der Waals surface area contributed by atoms with Crippen molar-refractivity contribution in [3.05, 3.63) is 35.4 Å². The van der Waals surface area contributed by atoms with Crippen LogP contribution in [-0.4, -0.2) is 28.7 Å².